The lowest BCUT2D eigenvalue weighted by Gasteiger charge is -2.10. The molecule has 0 radical (unpaired) electrons. The highest BCUT2D eigenvalue weighted by molar-refractivity contribution is 6.05. The third-order valence-electron chi connectivity index (χ3n) is 8.88. The highest BCUT2D eigenvalue weighted by Gasteiger charge is 2.21. The van der Waals surface area contributed by atoms with Crippen LogP contribution in [0.25, 0.3) is 0 Å². The average molecular weight is 829 g/mol. The number of amides is 7. The second-order valence-electron chi connectivity index (χ2n) is 13.9. The first-order valence-electron chi connectivity index (χ1n) is 18.7. The number of nitrogens with zero attached hydrogens (tertiary/aromatic N) is 7. The zero-order valence-electron chi connectivity index (χ0n) is 34.0. The van der Waals surface area contributed by atoms with Gasteiger partial charge in [0.1, 0.15) is 17.2 Å². The van der Waals surface area contributed by atoms with E-state index >= 15 is 0 Å². The smallest absolute Gasteiger partial charge is 0.292 e. The lowest BCUT2D eigenvalue weighted by Crippen LogP contribution is -2.32. The first kappa shape index (κ1) is 43.6. The molecule has 0 unspecified atom stereocenters. The molecule has 7 N–H and O–H groups in total. The molecule has 7 amide bonds. The number of anilines is 4. The Labute approximate surface area is 344 Å². The van der Waals surface area contributed by atoms with Crippen molar-refractivity contribution >= 4 is 64.5 Å². The van der Waals surface area contributed by atoms with E-state index in [9.17, 15) is 33.6 Å². The fourth-order valence-corrected chi connectivity index (χ4v) is 5.82. The van der Waals surface area contributed by atoms with E-state index in [0.29, 0.717) is 18.1 Å². The molecule has 5 heterocycles. The molecular weight excluding hydrogens is 781 g/mol. The van der Waals surface area contributed by atoms with Gasteiger partial charge in [0, 0.05) is 79.3 Å². The third-order valence-corrected chi connectivity index (χ3v) is 8.88. The van der Waals surface area contributed by atoms with Gasteiger partial charge in [0.05, 0.1) is 12.0 Å². The van der Waals surface area contributed by atoms with Crippen LogP contribution in [-0.2, 0) is 37.8 Å². The summed E-state index contributed by atoms with van der Waals surface area (Å²) in [6.45, 7) is 1.51. The Hall–Kier alpha value is -7.49. The molecule has 5 aromatic heterocycles. The van der Waals surface area contributed by atoms with Gasteiger partial charge in [0.25, 0.3) is 29.5 Å². The summed E-state index contributed by atoms with van der Waals surface area (Å²) in [7, 11) is 10.3. The van der Waals surface area contributed by atoms with Crippen molar-refractivity contribution in [2.75, 3.05) is 61.5 Å². The fraction of sp³-hybridized carbons (Fsp3) is 0.342. The Bertz CT molecular complexity index is 2370. The molecule has 0 saturated carbocycles. The van der Waals surface area contributed by atoms with Crippen molar-refractivity contribution in [2.24, 2.45) is 28.2 Å². The summed E-state index contributed by atoms with van der Waals surface area (Å²) in [6, 6.07) is 7.58. The number of carbonyl (C=O) groups is 7. The van der Waals surface area contributed by atoms with E-state index in [1.54, 1.807) is 40.5 Å². The quantitative estimate of drug-likeness (QED) is 0.0580. The minimum absolute atomic E-state index is 0.00251. The molecule has 0 aromatic carbocycles. The molecule has 0 aliphatic rings. The first-order valence-corrected chi connectivity index (χ1v) is 18.7. The second-order valence-corrected chi connectivity index (χ2v) is 13.9. The van der Waals surface area contributed by atoms with Gasteiger partial charge in [0.15, 0.2) is 17.4 Å². The molecule has 22 heteroatoms. The van der Waals surface area contributed by atoms with Crippen LogP contribution in [-0.4, -0.2) is 115 Å². The third kappa shape index (κ3) is 11.6. The molecule has 0 bridgehead atoms. The van der Waals surface area contributed by atoms with Gasteiger partial charge in [-0.25, -0.2) is 9.97 Å². The van der Waals surface area contributed by atoms with Crippen molar-refractivity contribution in [3.05, 3.63) is 84.0 Å². The van der Waals surface area contributed by atoms with Gasteiger partial charge in [-0.15, -0.1) is 0 Å². The predicted octanol–water partition coefficient (Wildman–Crippen LogP) is 1.13. The van der Waals surface area contributed by atoms with Gasteiger partial charge in [-0.05, 0) is 57.4 Å². The molecule has 22 nitrogen and oxygen atoms in total. The lowest BCUT2D eigenvalue weighted by atomic mass is 10.3. The Balaban J connectivity index is 1.05. The van der Waals surface area contributed by atoms with Crippen molar-refractivity contribution in [1.29, 1.82) is 0 Å². The number of aryl methyl sites for hydroxylation is 3. The van der Waals surface area contributed by atoms with E-state index in [0.717, 1.165) is 13.0 Å². The normalized spacial score (nSPS) is 10.9. The zero-order chi connectivity index (χ0) is 43.5. The zero-order valence-corrected chi connectivity index (χ0v) is 34.0. The van der Waals surface area contributed by atoms with Crippen LogP contribution in [0.4, 0.5) is 23.1 Å². The maximum atomic E-state index is 13.1. The lowest BCUT2D eigenvalue weighted by molar-refractivity contribution is -0.121. The Morgan fingerprint density at radius 2 is 1.25 bits per heavy atom. The van der Waals surface area contributed by atoms with E-state index in [2.05, 4.69) is 47.2 Å². The number of hydrogen-bond acceptors (Lipinski definition) is 11. The summed E-state index contributed by atoms with van der Waals surface area (Å²) in [6.07, 6.45) is 6.67. The molecule has 0 atom stereocenters. The monoisotopic (exact) mass is 828 g/mol. The van der Waals surface area contributed by atoms with Crippen LogP contribution >= 0.6 is 0 Å². The number of nitrogens with one attached hydrogen (secondary N) is 7. The van der Waals surface area contributed by atoms with Gasteiger partial charge < -0.3 is 64.8 Å². The van der Waals surface area contributed by atoms with Crippen molar-refractivity contribution < 1.29 is 38.0 Å². The van der Waals surface area contributed by atoms with E-state index < -0.39 is 35.4 Å². The molecule has 318 valence electrons. The van der Waals surface area contributed by atoms with Gasteiger partial charge in [0.2, 0.25) is 23.5 Å². The van der Waals surface area contributed by atoms with Crippen LogP contribution < -0.4 is 37.2 Å². The molecule has 5 aromatic rings. The van der Waals surface area contributed by atoms with Crippen LogP contribution in [0.1, 0.15) is 72.0 Å². The van der Waals surface area contributed by atoms with Crippen molar-refractivity contribution in [3.63, 3.8) is 0 Å². The summed E-state index contributed by atoms with van der Waals surface area (Å²) >= 11 is 0. The Morgan fingerprint density at radius 1 is 0.633 bits per heavy atom. The van der Waals surface area contributed by atoms with E-state index in [1.807, 2.05) is 19.0 Å². The molecule has 0 saturated heterocycles. The molecular formula is C38H48N14O8. The molecule has 60 heavy (non-hydrogen) atoms. The minimum atomic E-state index is -0.592. The van der Waals surface area contributed by atoms with Crippen LogP contribution in [0.2, 0.25) is 0 Å². The van der Waals surface area contributed by atoms with Gasteiger partial charge in [-0.2, -0.15) is 0 Å². The summed E-state index contributed by atoms with van der Waals surface area (Å²) in [5.41, 5.74) is 0.802. The maximum absolute atomic E-state index is 13.1. The van der Waals surface area contributed by atoms with Crippen molar-refractivity contribution in [3.8, 4) is 0 Å². The van der Waals surface area contributed by atoms with Crippen LogP contribution in [0.15, 0.2) is 59.6 Å². The predicted molar refractivity (Wildman–Crippen MR) is 219 cm³/mol. The minimum Gasteiger partial charge on any atom is -0.459 e. The average Bonchev–Trinajstić information content (AvgIpc) is 4.03. The molecule has 5 rings (SSSR count). The highest BCUT2D eigenvalue weighted by Crippen LogP contribution is 2.17. The first-order chi connectivity index (χ1) is 28.6. The van der Waals surface area contributed by atoms with Gasteiger partial charge in [-0.1, -0.05) is 0 Å². The SMILES string of the molecule is CN(C)CCCNC(=O)CCNC(=O)c1cc(NC(=O)c2nc(NC(=O)CCNC(=O)c3ccc(NC(=O)c4nc(NC(=O)c5ccco5)cn4C)n3C)cn2C)cn1C. The van der Waals surface area contributed by atoms with E-state index in [1.165, 1.54) is 61.2 Å². The number of imidazole rings is 2. The Kier molecular flexibility index (Phi) is 14.4. The molecule has 0 aliphatic heterocycles. The number of aromatic nitrogens is 6. The van der Waals surface area contributed by atoms with Crippen molar-refractivity contribution in [2.45, 2.75) is 19.3 Å². The van der Waals surface area contributed by atoms with E-state index in [-0.39, 0.29) is 72.3 Å². The van der Waals surface area contributed by atoms with Gasteiger partial charge in [-0.3, -0.25) is 33.6 Å². The maximum Gasteiger partial charge on any atom is 0.292 e. The second kappa shape index (κ2) is 19.8. The van der Waals surface area contributed by atoms with Crippen LogP contribution in [0.5, 0.6) is 0 Å². The van der Waals surface area contributed by atoms with Crippen LogP contribution in [0.3, 0.4) is 0 Å². The van der Waals surface area contributed by atoms with Crippen molar-refractivity contribution in [1.82, 2.24) is 49.1 Å². The summed E-state index contributed by atoms with van der Waals surface area (Å²) < 4.78 is 10.9. The number of hydrogen-bond donors (Lipinski definition) is 7. The highest BCUT2D eigenvalue weighted by atomic mass is 16.3. The summed E-state index contributed by atoms with van der Waals surface area (Å²) in [5, 5.41) is 18.7. The molecule has 0 aliphatic carbocycles. The fourth-order valence-electron chi connectivity index (χ4n) is 5.82. The number of furan rings is 1. The van der Waals surface area contributed by atoms with Gasteiger partial charge >= 0.3 is 0 Å². The molecule has 0 spiro atoms. The largest absolute Gasteiger partial charge is 0.459 e. The van der Waals surface area contributed by atoms with Crippen LogP contribution in [0, 0.1) is 0 Å². The summed E-state index contributed by atoms with van der Waals surface area (Å²) in [5.74, 6) is -2.67. The molecule has 0 fully saturated rings. The van der Waals surface area contributed by atoms with E-state index in [4.69, 9.17) is 4.42 Å². The summed E-state index contributed by atoms with van der Waals surface area (Å²) in [4.78, 5) is 99.3. The number of carbonyl (C=O) groups excluding carboxylic acids is 7. The standard InChI is InChI=1S/C38H48N14O8/c1-48(2)17-8-14-39-30(53)12-15-41-35(56)25-19-23(20-49(25)3)42-37(58)32-44-27(21-50(32)4)43-31(54)13-16-40-34(55)24-10-11-29(52(24)6)47-38(59)33-45-28(22-51(33)5)46-36(57)26-9-7-18-60-26/h7,9-11,18-22H,8,12-17H2,1-6H3,(H,39,53)(H,40,55)(H,41,56)(H,42,58)(H,43,54)(H,46,57)(H,47,59). The number of rotatable bonds is 19. The Morgan fingerprint density at radius 3 is 1.88 bits per heavy atom. The topological polar surface area (TPSA) is 266 Å².